The van der Waals surface area contributed by atoms with E-state index in [1.54, 1.807) is 0 Å². The average molecular weight is 263 g/mol. The van der Waals surface area contributed by atoms with Gasteiger partial charge in [0.15, 0.2) is 0 Å². The minimum atomic E-state index is -0.0384. The van der Waals surface area contributed by atoms with Gasteiger partial charge in [-0.2, -0.15) is 0 Å². The molecular formula is C17H17N3. The maximum atomic E-state index is 5.80. The number of benzene rings is 2. The highest BCUT2D eigenvalue weighted by atomic mass is 15.2. The number of nitrogens with two attached hydrogens (primary N) is 1. The van der Waals surface area contributed by atoms with Crippen molar-refractivity contribution in [1.29, 1.82) is 0 Å². The number of nitrogens with zero attached hydrogens (tertiary/aromatic N) is 1. The molecule has 3 rings (SSSR count). The number of para-hydroxylation sites is 1. The van der Waals surface area contributed by atoms with Crippen LogP contribution in [0, 0.1) is 6.92 Å². The van der Waals surface area contributed by atoms with E-state index in [0.29, 0.717) is 0 Å². The van der Waals surface area contributed by atoms with E-state index in [4.69, 9.17) is 5.84 Å². The van der Waals surface area contributed by atoms with E-state index in [0.717, 1.165) is 22.0 Å². The average Bonchev–Trinajstić information content (AvgIpc) is 2.50. The predicted molar refractivity (Wildman–Crippen MR) is 82.1 cm³/mol. The highest BCUT2D eigenvalue weighted by molar-refractivity contribution is 5.82. The second-order valence-corrected chi connectivity index (χ2v) is 4.93. The lowest BCUT2D eigenvalue weighted by Gasteiger charge is -2.18. The number of pyridine rings is 1. The zero-order valence-corrected chi connectivity index (χ0v) is 11.4. The summed E-state index contributed by atoms with van der Waals surface area (Å²) in [5.41, 5.74) is 7.43. The van der Waals surface area contributed by atoms with E-state index < -0.39 is 0 Å². The molecule has 1 aromatic heterocycles. The molecule has 0 bridgehead atoms. The van der Waals surface area contributed by atoms with Crippen LogP contribution in [0.1, 0.15) is 22.7 Å². The lowest BCUT2D eigenvalue weighted by atomic mass is 9.96. The van der Waals surface area contributed by atoms with Gasteiger partial charge in [-0.1, -0.05) is 48.0 Å². The van der Waals surface area contributed by atoms with Gasteiger partial charge in [0.25, 0.3) is 0 Å². The Morgan fingerprint density at radius 3 is 2.50 bits per heavy atom. The van der Waals surface area contributed by atoms with E-state index in [1.165, 1.54) is 5.56 Å². The molecule has 3 nitrogen and oxygen atoms in total. The predicted octanol–water partition coefficient (Wildman–Crippen LogP) is 3.10. The standard InChI is InChI=1S/C17H17N3/c1-12-6-8-13(9-7-12)17(20-18)15-10-11-19-16-5-3-2-4-14(15)16/h2-11,17,20H,18H2,1H3. The molecule has 0 spiro atoms. The van der Waals surface area contributed by atoms with Gasteiger partial charge in [0.05, 0.1) is 11.6 Å². The second kappa shape index (κ2) is 5.41. The van der Waals surface area contributed by atoms with Crippen molar-refractivity contribution in [1.82, 2.24) is 10.4 Å². The number of aromatic nitrogens is 1. The van der Waals surface area contributed by atoms with E-state index >= 15 is 0 Å². The van der Waals surface area contributed by atoms with Crippen LogP contribution in [0.15, 0.2) is 60.8 Å². The third-order valence-electron chi connectivity index (χ3n) is 3.57. The molecule has 0 fully saturated rings. The van der Waals surface area contributed by atoms with Crippen molar-refractivity contribution < 1.29 is 0 Å². The number of fused-ring (bicyclic) bond motifs is 1. The van der Waals surface area contributed by atoms with Crippen LogP contribution in [0.25, 0.3) is 10.9 Å². The Hall–Kier alpha value is -2.23. The Kier molecular flexibility index (Phi) is 3.46. The first-order chi connectivity index (χ1) is 9.79. The Morgan fingerprint density at radius 2 is 1.75 bits per heavy atom. The van der Waals surface area contributed by atoms with Gasteiger partial charge >= 0.3 is 0 Å². The molecule has 3 aromatic rings. The fraction of sp³-hybridized carbons (Fsp3) is 0.118. The summed E-state index contributed by atoms with van der Waals surface area (Å²) in [7, 11) is 0. The highest BCUT2D eigenvalue weighted by Gasteiger charge is 2.15. The number of hydrogen-bond donors (Lipinski definition) is 2. The quantitative estimate of drug-likeness (QED) is 0.564. The molecule has 0 aliphatic rings. The van der Waals surface area contributed by atoms with Gasteiger partial charge in [-0.25, -0.2) is 5.43 Å². The van der Waals surface area contributed by atoms with Crippen molar-refractivity contribution >= 4 is 10.9 Å². The molecule has 100 valence electrons. The van der Waals surface area contributed by atoms with Crippen LogP contribution in [0.3, 0.4) is 0 Å². The van der Waals surface area contributed by atoms with Crippen molar-refractivity contribution in [2.75, 3.05) is 0 Å². The first kappa shape index (κ1) is 12.8. The second-order valence-electron chi connectivity index (χ2n) is 4.93. The molecule has 3 N–H and O–H groups in total. The van der Waals surface area contributed by atoms with Gasteiger partial charge in [0, 0.05) is 11.6 Å². The van der Waals surface area contributed by atoms with Crippen molar-refractivity contribution in [2.24, 2.45) is 5.84 Å². The largest absolute Gasteiger partial charge is 0.271 e. The number of hydrazine groups is 1. The number of rotatable bonds is 3. The third kappa shape index (κ3) is 2.29. The first-order valence-electron chi connectivity index (χ1n) is 6.66. The summed E-state index contributed by atoms with van der Waals surface area (Å²) >= 11 is 0. The van der Waals surface area contributed by atoms with Crippen LogP contribution in [0.4, 0.5) is 0 Å². The van der Waals surface area contributed by atoms with E-state index in [-0.39, 0.29) is 6.04 Å². The number of aryl methyl sites for hydroxylation is 1. The summed E-state index contributed by atoms with van der Waals surface area (Å²) < 4.78 is 0. The monoisotopic (exact) mass is 263 g/mol. The number of hydrogen-bond acceptors (Lipinski definition) is 3. The van der Waals surface area contributed by atoms with E-state index in [9.17, 15) is 0 Å². The molecule has 3 heteroatoms. The van der Waals surface area contributed by atoms with Gasteiger partial charge in [0.2, 0.25) is 0 Å². The van der Waals surface area contributed by atoms with Gasteiger partial charge in [0.1, 0.15) is 0 Å². The van der Waals surface area contributed by atoms with Crippen LogP contribution in [-0.4, -0.2) is 4.98 Å². The summed E-state index contributed by atoms with van der Waals surface area (Å²) in [6.45, 7) is 2.08. The first-order valence-corrected chi connectivity index (χ1v) is 6.66. The van der Waals surface area contributed by atoms with Crippen molar-refractivity contribution in [3.8, 4) is 0 Å². The highest BCUT2D eigenvalue weighted by Crippen LogP contribution is 2.27. The zero-order chi connectivity index (χ0) is 13.9. The summed E-state index contributed by atoms with van der Waals surface area (Å²) in [5, 5.41) is 1.12. The molecule has 1 heterocycles. The molecular weight excluding hydrogens is 246 g/mol. The van der Waals surface area contributed by atoms with Crippen LogP contribution >= 0.6 is 0 Å². The minimum absolute atomic E-state index is 0.0384. The molecule has 0 aliphatic heterocycles. The maximum Gasteiger partial charge on any atom is 0.0717 e. The topological polar surface area (TPSA) is 50.9 Å². The molecule has 0 radical (unpaired) electrons. The minimum Gasteiger partial charge on any atom is -0.271 e. The van der Waals surface area contributed by atoms with Crippen LogP contribution < -0.4 is 11.3 Å². The van der Waals surface area contributed by atoms with Crippen molar-refractivity contribution in [2.45, 2.75) is 13.0 Å². The van der Waals surface area contributed by atoms with Crippen LogP contribution in [0.2, 0.25) is 0 Å². The van der Waals surface area contributed by atoms with E-state index in [2.05, 4.69) is 47.7 Å². The molecule has 0 aliphatic carbocycles. The smallest absolute Gasteiger partial charge is 0.0717 e. The SMILES string of the molecule is Cc1ccc(C(NN)c2ccnc3ccccc23)cc1. The third-order valence-corrected chi connectivity index (χ3v) is 3.57. The molecule has 20 heavy (non-hydrogen) atoms. The molecule has 0 amide bonds. The van der Waals surface area contributed by atoms with Crippen LogP contribution in [0.5, 0.6) is 0 Å². The number of nitrogens with one attached hydrogen (secondary N) is 1. The van der Waals surface area contributed by atoms with Crippen LogP contribution in [-0.2, 0) is 0 Å². The van der Waals surface area contributed by atoms with Crippen molar-refractivity contribution in [3.05, 3.63) is 77.5 Å². The molecule has 1 atom stereocenters. The fourth-order valence-electron chi connectivity index (χ4n) is 2.49. The Bertz CT molecular complexity index is 714. The van der Waals surface area contributed by atoms with Gasteiger partial charge in [-0.05, 0) is 30.2 Å². The van der Waals surface area contributed by atoms with Gasteiger partial charge in [-0.3, -0.25) is 10.8 Å². The molecule has 0 saturated heterocycles. The summed E-state index contributed by atoms with van der Waals surface area (Å²) in [6.07, 6.45) is 1.83. The Labute approximate surface area is 118 Å². The van der Waals surface area contributed by atoms with Crippen molar-refractivity contribution in [3.63, 3.8) is 0 Å². The maximum absolute atomic E-state index is 5.80. The molecule has 2 aromatic carbocycles. The molecule has 0 saturated carbocycles. The summed E-state index contributed by atoms with van der Waals surface area (Å²) in [4.78, 5) is 4.40. The fourth-order valence-corrected chi connectivity index (χ4v) is 2.49. The molecule has 1 unspecified atom stereocenters. The normalized spacial score (nSPS) is 12.5. The summed E-state index contributed by atoms with van der Waals surface area (Å²) in [6, 6.07) is 18.5. The lowest BCUT2D eigenvalue weighted by molar-refractivity contribution is 0.640. The Morgan fingerprint density at radius 1 is 1.00 bits per heavy atom. The summed E-state index contributed by atoms with van der Waals surface area (Å²) in [5.74, 6) is 5.80. The lowest BCUT2D eigenvalue weighted by Crippen LogP contribution is -2.29. The van der Waals surface area contributed by atoms with Gasteiger partial charge < -0.3 is 0 Å². The van der Waals surface area contributed by atoms with E-state index in [1.807, 2.05) is 30.5 Å². The zero-order valence-electron chi connectivity index (χ0n) is 11.4. The van der Waals surface area contributed by atoms with Gasteiger partial charge in [-0.15, -0.1) is 0 Å². The Balaban J connectivity index is 2.14.